The number of hydrogen-bond donors (Lipinski definition) is 0. The zero-order valence-corrected chi connectivity index (χ0v) is 18.9. The number of pyridine rings is 1. The summed E-state index contributed by atoms with van der Waals surface area (Å²) in [6, 6.07) is 16.3. The molecule has 1 amide bonds. The molecule has 2 saturated heterocycles. The molecule has 7 heteroatoms. The summed E-state index contributed by atoms with van der Waals surface area (Å²) in [6.45, 7) is 6.06. The fourth-order valence-corrected chi connectivity index (χ4v) is 4.78. The van der Waals surface area contributed by atoms with E-state index >= 15 is 0 Å². The first kappa shape index (κ1) is 21.5. The Hall–Kier alpha value is -3.32. The normalized spacial score (nSPS) is 17.8. The molecule has 0 aliphatic carbocycles. The van der Waals surface area contributed by atoms with E-state index in [1.165, 1.54) is 5.56 Å². The first-order valence-electron chi connectivity index (χ1n) is 11.8. The lowest BCUT2D eigenvalue weighted by atomic mass is 9.95. The topological polar surface area (TPSA) is 65.5 Å². The van der Waals surface area contributed by atoms with Crippen LogP contribution in [0.25, 0.3) is 11.3 Å². The van der Waals surface area contributed by atoms with Gasteiger partial charge in [0.1, 0.15) is 12.1 Å². The number of anilines is 1. The molecule has 2 aromatic heterocycles. The Kier molecular flexibility index (Phi) is 6.58. The number of rotatable bonds is 5. The highest BCUT2D eigenvalue weighted by Gasteiger charge is 2.30. The van der Waals surface area contributed by atoms with E-state index in [1.54, 1.807) is 12.5 Å². The van der Waals surface area contributed by atoms with Crippen LogP contribution in [-0.2, 0) is 11.3 Å². The summed E-state index contributed by atoms with van der Waals surface area (Å²) in [5.41, 5.74) is 3.25. The smallest absolute Gasteiger partial charge is 0.225 e. The molecule has 2 fully saturated rings. The van der Waals surface area contributed by atoms with Crippen LogP contribution in [-0.4, -0.2) is 69.9 Å². The van der Waals surface area contributed by atoms with Gasteiger partial charge in [-0.3, -0.25) is 14.7 Å². The lowest BCUT2D eigenvalue weighted by molar-refractivity contribution is -0.138. The Morgan fingerprint density at radius 2 is 1.70 bits per heavy atom. The van der Waals surface area contributed by atoms with Gasteiger partial charge >= 0.3 is 0 Å². The van der Waals surface area contributed by atoms with Crippen LogP contribution in [0.15, 0.2) is 67.3 Å². The van der Waals surface area contributed by atoms with Gasteiger partial charge in [0.2, 0.25) is 5.91 Å². The summed E-state index contributed by atoms with van der Waals surface area (Å²) >= 11 is 0. The second-order valence-corrected chi connectivity index (χ2v) is 8.85. The molecule has 5 rings (SSSR count). The first-order valence-corrected chi connectivity index (χ1v) is 11.8. The molecule has 3 aromatic rings. The molecule has 170 valence electrons. The van der Waals surface area contributed by atoms with E-state index in [0.29, 0.717) is 5.91 Å². The number of carbonyl (C=O) groups is 1. The highest BCUT2D eigenvalue weighted by Crippen LogP contribution is 2.26. The van der Waals surface area contributed by atoms with Crippen LogP contribution in [0.3, 0.4) is 0 Å². The minimum atomic E-state index is 0.113. The van der Waals surface area contributed by atoms with Crippen molar-refractivity contribution in [2.75, 3.05) is 44.2 Å². The number of piperidine rings is 1. The zero-order valence-electron chi connectivity index (χ0n) is 18.9. The van der Waals surface area contributed by atoms with E-state index < -0.39 is 0 Å². The third-order valence-electron chi connectivity index (χ3n) is 6.70. The summed E-state index contributed by atoms with van der Waals surface area (Å²) < 4.78 is 0. The first-order chi connectivity index (χ1) is 16.3. The average molecular weight is 443 g/mol. The monoisotopic (exact) mass is 442 g/mol. The summed E-state index contributed by atoms with van der Waals surface area (Å²) in [4.78, 5) is 33.0. The summed E-state index contributed by atoms with van der Waals surface area (Å²) in [7, 11) is 0. The molecular weight excluding hydrogens is 412 g/mol. The molecule has 0 spiro atoms. The van der Waals surface area contributed by atoms with Crippen molar-refractivity contribution in [2.24, 2.45) is 5.92 Å². The second kappa shape index (κ2) is 10.1. The molecule has 4 heterocycles. The van der Waals surface area contributed by atoms with Gasteiger partial charge in [-0.2, -0.15) is 0 Å². The van der Waals surface area contributed by atoms with Gasteiger partial charge in [0.05, 0.1) is 5.69 Å². The Bertz CT molecular complexity index is 1040. The molecule has 0 unspecified atom stereocenters. The fraction of sp³-hybridized carbons (Fsp3) is 0.385. The summed E-state index contributed by atoms with van der Waals surface area (Å²) in [5.74, 6) is 1.38. The van der Waals surface area contributed by atoms with Gasteiger partial charge in [0.15, 0.2) is 0 Å². The van der Waals surface area contributed by atoms with E-state index in [1.807, 2.05) is 30.5 Å². The maximum absolute atomic E-state index is 13.2. The molecule has 0 atom stereocenters. The second-order valence-electron chi connectivity index (χ2n) is 8.85. The molecule has 1 aromatic carbocycles. The van der Waals surface area contributed by atoms with Crippen LogP contribution in [0.4, 0.5) is 5.82 Å². The van der Waals surface area contributed by atoms with Crippen molar-refractivity contribution in [3.8, 4) is 11.3 Å². The lowest BCUT2D eigenvalue weighted by Crippen LogP contribution is -2.51. The van der Waals surface area contributed by atoms with Crippen LogP contribution < -0.4 is 4.90 Å². The number of piperazine rings is 1. The number of amides is 1. The fourth-order valence-electron chi connectivity index (χ4n) is 4.78. The Balaban J connectivity index is 1.12. The molecular formula is C26H30N6O. The number of hydrogen-bond acceptors (Lipinski definition) is 6. The van der Waals surface area contributed by atoms with Crippen LogP contribution in [0, 0.1) is 5.92 Å². The largest absolute Gasteiger partial charge is 0.356 e. The van der Waals surface area contributed by atoms with Gasteiger partial charge in [-0.25, -0.2) is 9.97 Å². The molecule has 0 radical (unpaired) electrons. The van der Waals surface area contributed by atoms with Crippen LogP contribution in [0.1, 0.15) is 18.4 Å². The highest BCUT2D eigenvalue weighted by atomic mass is 16.2. The van der Waals surface area contributed by atoms with E-state index in [-0.39, 0.29) is 5.92 Å². The van der Waals surface area contributed by atoms with Crippen molar-refractivity contribution in [2.45, 2.75) is 19.4 Å². The van der Waals surface area contributed by atoms with Crippen LogP contribution in [0.2, 0.25) is 0 Å². The van der Waals surface area contributed by atoms with Gasteiger partial charge < -0.3 is 9.80 Å². The predicted octanol–water partition coefficient (Wildman–Crippen LogP) is 3.10. The van der Waals surface area contributed by atoms with Gasteiger partial charge in [-0.05, 0) is 24.5 Å². The Morgan fingerprint density at radius 1 is 0.909 bits per heavy atom. The predicted molar refractivity (Wildman–Crippen MR) is 128 cm³/mol. The zero-order chi connectivity index (χ0) is 22.5. The number of carbonyl (C=O) groups excluding carboxylic acids is 1. The van der Waals surface area contributed by atoms with Crippen LogP contribution in [0.5, 0.6) is 0 Å². The van der Waals surface area contributed by atoms with Gasteiger partial charge in [0, 0.05) is 75.8 Å². The average Bonchev–Trinajstić information content (AvgIpc) is 2.90. The lowest BCUT2D eigenvalue weighted by Gasteiger charge is -2.38. The van der Waals surface area contributed by atoms with E-state index in [4.69, 9.17) is 0 Å². The molecule has 0 bridgehead atoms. The van der Waals surface area contributed by atoms with Crippen molar-refractivity contribution in [1.82, 2.24) is 24.8 Å². The standard InChI is InChI=1S/C26H30N6O/c33-26(32-15-13-30(14-16-32)19-21-5-4-10-27-18-21)23-8-11-31(12-9-23)25-17-24(28-20-29-25)22-6-2-1-3-7-22/h1-7,10,17-18,20,23H,8-9,11-16,19H2. The maximum atomic E-state index is 13.2. The third kappa shape index (κ3) is 5.20. The van der Waals surface area contributed by atoms with Crippen LogP contribution >= 0.6 is 0 Å². The van der Waals surface area contributed by atoms with Crippen molar-refractivity contribution >= 4 is 11.7 Å². The molecule has 2 aliphatic rings. The minimum Gasteiger partial charge on any atom is -0.356 e. The van der Waals surface area contributed by atoms with Gasteiger partial charge in [-0.1, -0.05) is 36.4 Å². The summed E-state index contributed by atoms with van der Waals surface area (Å²) in [6.07, 6.45) is 7.11. The van der Waals surface area contributed by atoms with E-state index in [0.717, 1.165) is 75.7 Å². The number of aromatic nitrogens is 3. The Morgan fingerprint density at radius 3 is 2.42 bits per heavy atom. The number of benzene rings is 1. The van der Waals surface area contributed by atoms with E-state index in [9.17, 15) is 4.79 Å². The van der Waals surface area contributed by atoms with Crippen molar-refractivity contribution in [1.29, 1.82) is 0 Å². The van der Waals surface area contributed by atoms with Gasteiger partial charge in [0.25, 0.3) is 0 Å². The molecule has 0 saturated carbocycles. The maximum Gasteiger partial charge on any atom is 0.225 e. The molecule has 0 N–H and O–H groups in total. The number of nitrogens with zero attached hydrogens (tertiary/aromatic N) is 6. The van der Waals surface area contributed by atoms with Gasteiger partial charge in [-0.15, -0.1) is 0 Å². The summed E-state index contributed by atoms with van der Waals surface area (Å²) in [5, 5.41) is 0. The van der Waals surface area contributed by atoms with E-state index in [2.05, 4.69) is 53.9 Å². The Labute approximate surface area is 195 Å². The molecule has 2 aliphatic heterocycles. The van der Waals surface area contributed by atoms with Crippen molar-refractivity contribution < 1.29 is 4.79 Å². The molecule has 33 heavy (non-hydrogen) atoms. The van der Waals surface area contributed by atoms with Crippen molar-refractivity contribution in [3.63, 3.8) is 0 Å². The quantitative estimate of drug-likeness (QED) is 0.605. The van der Waals surface area contributed by atoms with Crippen molar-refractivity contribution in [3.05, 3.63) is 72.8 Å². The minimum absolute atomic E-state index is 0.113. The highest BCUT2D eigenvalue weighted by molar-refractivity contribution is 5.79. The SMILES string of the molecule is O=C(C1CCN(c2cc(-c3ccccc3)ncn2)CC1)N1CCN(Cc2cccnc2)CC1. The third-order valence-corrected chi connectivity index (χ3v) is 6.70. The molecule has 7 nitrogen and oxygen atoms in total.